The molecule has 2 nitrogen and oxygen atoms in total. The van der Waals surface area contributed by atoms with Gasteiger partial charge in [0.15, 0.2) is 0 Å². The molecule has 1 aromatic rings. The van der Waals surface area contributed by atoms with E-state index in [0.717, 1.165) is 5.75 Å². The fraction of sp³-hybridized carbons (Fsp3) is 0.600. The summed E-state index contributed by atoms with van der Waals surface area (Å²) in [6.07, 6.45) is 1.28. The Balaban J connectivity index is 2.11. The third kappa shape index (κ3) is 2.94. The number of hydrogen-bond donors (Lipinski definition) is 1. The Hall–Kier alpha value is -0.830. The van der Waals surface area contributed by atoms with Crippen LogP contribution in [-0.2, 0) is 0 Å². The molecule has 1 heterocycles. The van der Waals surface area contributed by atoms with Crippen LogP contribution in [0.3, 0.4) is 0 Å². The van der Waals surface area contributed by atoms with Gasteiger partial charge in [-0.25, -0.2) is 0 Å². The smallest absolute Gasteiger partial charge is 0.121 e. The summed E-state index contributed by atoms with van der Waals surface area (Å²) in [6, 6.07) is 6.87. The molecule has 0 spiro atoms. The lowest BCUT2D eigenvalue weighted by Gasteiger charge is -2.39. The van der Waals surface area contributed by atoms with Crippen LogP contribution in [0.5, 0.6) is 5.75 Å². The van der Waals surface area contributed by atoms with Gasteiger partial charge in [-0.2, -0.15) is 11.8 Å². The van der Waals surface area contributed by atoms with Crippen molar-refractivity contribution in [2.75, 3.05) is 23.9 Å². The number of hydrogen-bond acceptors (Lipinski definition) is 3. The first kappa shape index (κ1) is 13.6. The maximum atomic E-state index is 5.30. The van der Waals surface area contributed by atoms with Crippen molar-refractivity contribution in [3.63, 3.8) is 0 Å². The van der Waals surface area contributed by atoms with Gasteiger partial charge in [-0.15, -0.1) is 0 Å². The summed E-state index contributed by atoms with van der Waals surface area (Å²) in [5, 5.41) is 3.69. The normalized spacial score (nSPS) is 22.6. The molecule has 0 amide bonds. The minimum Gasteiger partial charge on any atom is -0.496 e. The summed E-state index contributed by atoms with van der Waals surface area (Å²) in [7, 11) is 1.72. The maximum Gasteiger partial charge on any atom is 0.121 e. The summed E-state index contributed by atoms with van der Waals surface area (Å²) in [5.74, 6) is 3.43. The number of aryl methyl sites for hydroxylation is 1. The van der Waals surface area contributed by atoms with Gasteiger partial charge >= 0.3 is 0 Å². The summed E-state index contributed by atoms with van der Waals surface area (Å²) < 4.78 is 5.30. The van der Waals surface area contributed by atoms with Gasteiger partial charge in [-0.05, 0) is 48.3 Å². The molecule has 0 saturated carbocycles. The van der Waals surface area contributed by atoms with Gasteiger partial charge in [0.1, 0.15) is 5.75 Å². The third-order valence-electron chi connectivity index (χ3n) is 3.85. The van der Waals surface area contributed by atoms with Crippen molar-refractivity contribution < 1.29 is 4.74 Å². The Morgan fingerprint density at radius 2 is 2.17 bits per heavy atom. The second-order valence-electron chi connectivity index (χ2n) is 5.69. The fourth-order valence-electron chi connectivity index (χ4n) is 2.34. The number of benzene rings is 1. The Morgan fingerprint density at radius 3 is 2.78 bits per heavy atom. The van der Waals surface area contributed by atoms with E-state index in [1.807, 2.05) is 17.8 Å². The minimum absolute atomic E-state index is 0.374. The average Bonchev–Trinajstić information content (AvgIpc) is 2.32. The molecule has 1 fully saturated rings. The van der Waals surface area contributed by atoms with Gasteiger partial charge in [-0.3, -0.25) is 0 Å². The van der Waals surface area contributed by atoms with E-state index in [-0.39, 0.29) is 0 Å². The zero-order valence-electron chi connectivity index (χ0n) is 11.7. The van der Waals surface area contributed by atoms with Crippen LogP contribution in [0, 0.1) is 12.3 Å². The van der Waals surface area contributed by atoms with E-state index in [2.05, 4.69) is 38.2 Å². The van der Waals surface area contributed by atoms with Crippen LogP contribution in [0.1, 0.15) is 25.8 Å². The van der Waals surface area contributed by atoms with Crippen molar-refractivity contribution >= 4 is 17.4 Å². The van der Waals surface area contributed by atoms with Crippen LogP contribution < -0.4 is 10.1 Å². The van der Waals surface area contributed by atoms with Gasteiger partial charge < -0.3 is 10.1 Å². The first-order valence-electron chi connectivity index (χ1n) is 6.52. The molecule has 1 N–H and O–H groups in total. The summed E-state index contributed by atoms with van der Waals surface area (Å²) >= 11 is 2.05. The fourth-order valence-corrected chi connectivity index (χ4v) is 3.95. The summed E-state index contributed by atoms with van der Waals surface area (Å²) in [6.45, 7) is 6.81. The molecule has 1 atom stereocenters. The van der Waals surface area contributed by atoms with Crippen LogP contribution in [0.4, 0.5) is 5.69 Å². The second kappa shape index (κ2) is 5.43. The van der Waals surface area contributed by atoms with E-state index in [4.69, 9.17) is 4.74 Å². The predicted molar refractivity (Wildman–Crippen MR) is 80.9 cm³/mol. The highest BCUT2D eigenvalue weighted by atomic mass is 32.2. The zero-order valence-corrected chi connectivity index (χ0v) is 12.6. The number of methoxy groups -OCH3 is 1. The average molecular weight is 265 g/mol. The topological polar surface area (TPSA) is 21.3 Å². The molecule has 0 aliphatic carbocycles. The Kier molecular flexibility index (Phi) is 4.10. The quantitative estimate of drug-likeness (QED) is 0.894. The van der Waals surface area contributed by atoms with Crippen LogP contribution in [0.25, 0.3) is 0 Å². The summed E-state index contributed by atoms with van der Waals surface area (Å²) in [5.41, 5.74) is 2.76. The lowest BCUT2D eigenvalue weighted by atomic mass is 9.82. The van der Waals surface area contributed by atoms with E-state index in [1.54, 1.807) is 7.11 Å². The van der Waals surface area contributed by atoms with Crippen LogP contribution in [0.2, 0.25) is 0 Å². The Labute approximate surface area is 114 Å². The minimum atomic E-state index is 0.374. The van der Waals surface area contributed by atoms with Gasteiger partial charge in [0.25, 0.3) is 0 Å². The van der Waals surface area contributed by atoms with Crippen molar-refractivity contribution in [1.29, 1.82) is 0 Å². The predicted octanol–water partition coefficient (Wildman–Crippen LogP) is 3.95. The number of rotatable bonds is 3. The van der Waals surface area contributed by atoms with Crippen molar-refractivity contribution in [3.8, 4) is 5.75 Å². The standard InChI is InChI=1S/C15H23NOS/c1-11-9-12(5-6-13(11)17-4)16-14-10-18-8-7-15(14,2)3/h5-6,9,14,16H,7-8,10H2,1-4H3. The van der Waals surface area contributed by atoms with Crippen molar-refractivity contribution in [2.45, 2.75) is 33.2 Å². The SMILES string of the molecule is COc1ccc(NC2CSCCC2(C)C)cc1C. The Bertz CT molecular complexity index is 417. The molecular formula is C15H23NOS. The van der Waals surface area contributed by atoms with Gasteiger partial charge in [0.2, 0.25) is 0 Å². The molecule has 100 valence electrons. The van der Waals surface area contributed by atoms with E-state index < -0.39 is 0 Å². The zero-order chi connectivity index (χ0) is 13.2. The number of ether oxygens (including phenoxy) is 1. The highest BCUT2D eigenvalue weighted by molar-refractivity contribution is 7.99. The molecule has 0 bridgehead atoms. The van der Waals surface area contributed by atoms with E-state index in [9.17, 15) is 0 Å². The molecular weight excluding hydrogens is 242 g/mol. The van der Waals surface area contributed by atoms with Crippen LogP contribution >= 0.6 is 11.8 Å². The monoisotopic (exact) mass is 265 g/mol. The summed E-state index contributed by atoms with van der Waals surface area (Å²) in [4.78, 5) is 0. The van der Waals surface area contributed by atoms with Gasteiger partial charge in [0.05, 0.1) is 7.11 Å². The Morgan fingerprint density at radius 1 is 1.39 bits per heavy atom. The molecule has 18 heavy (non-hydrogen) atoms. The lowest BCUT2D eigenvalue weighted by molar-refractivity contribution is 0.305. The highest BCUT2D eigenvalue weighted by Crippen LogP contribution is 2.36. The van der Waals surface area contributed by atoms with Crippen LogP contribution in [-0.4, -0.2) is 24.7 Å². The molecule has 1 aromatic carbocycles. The molecule has 1 saturated heterocycles. The molecule has 0 aromatic heterocycles. The lowest BCUT2D eigenvalue weighted by Crippen LogP contribution is -2.41. The van der Waals surface area contributed by atoms with Gasteiger partial charge in [0, 0.05) is 17.5 Å². The molecule has 0 radical (unpaired) electrons. The molecule has 1 aliphatic rings. The first-order chi connectivity index (χ1) is 8.53. The van der Waals surface area contributed by atoms with Crippen LogP contribution in [0.15, 0.2) is 18.2 Å². The number of nitrogens with one attached hydrogen (secondary N) is 1. The molecule has 1 unspecified atom stereocenters. The number of anilines is 1. The number of thioether (sulfide) groups is 1. The molecule has 3 heteroatoms. The van der Waals surface area contributed by atoms with Gasteiger partial charge in [-0.1, -0.05) is 13.8 Å². The second-order valence-corrected chi connectivity index (χ2v) is 6.84. The molecule has 2 rings (SSSR count). The highest BCUT2D eigenvalue weighted by Gasteiger charge is 2.32. The van der Waals surface area contributed by atoms with E-state index in [0.29, 0.717) is 11.5 Å². The largest absolute Gasteiger partial charge is 0.496 e. The maximum absolute atomic E-state index is 5.30. The van der Waals surface area contributed by atoms with Crippen molar-refractivity contribution in [2.24, 2.45) is 5.41 Å². The van der Waals surface area contributed by atoms with Crippen molar-refractivity contribution in [3.05, 3.63) is 23.8 Å². The molecule has 1 aliphatic heterocycles. The van der Waals surface area contributed by atoms with E-state index in [1.165, 1.54) is 29.2 Å². The van der Waals surface area contributed by atoms with Crippen molar-refractivity contribution in [1.82, 2.24) is 0 Å². The van der Waals surface area contributed by atoms with E-state index >= 15 is 0 Å². The third-order valence-corrected chi connectivity index (χ3v) is 4.92. The first-order valence-corrected chi connectivity index (χ1v) is 7.67.